The Morgan fingerprint density at radius 1 is 1.33 bits per heavy atom. The summed E-state index contributed by atoms with van der Waals surface area (Å²) in [4.78, 5) is 12.5. The molecule has 1 amide bonds. The van der Waals surface area contributed by atoms with Crippen molar-refractivity contribution in [1.82, 2.24) is 5.32 Å². The quantitative estimate of drug-likeness (QED) is 0.661. The van der Waals surface area contributed by atoms with Gasteiger partial charge in [-0.3, -0.25) is 4.79 Å². The van der Waals surface area contributed by atoms with Gasteiger partial charge < -0.3 is 5.32 Å². The van der Waals surface area contributed by atoms with Crippen LogP contribution in [0.1, 0.15) is 26.3 Å². The lowest BCUT2D eigenvalue weighted by Gasteiger charge is -2.08. The van der Waals surface area contributed by atoms with Crippen LogP contribution in [0, 0.1) is 18.3 Å². The van der Waals surface area contributed by atoms with E-state index in [1.54, 1.807) is 6.92 Å². The maximum atomic E-state index is 11.6. The first-order chi connectivity index (χ1) is 8.51. The summed E-state index contributed by atoms with van der Waals surface area (Å²) in [5.74, 6) is 3.11. The molecule has 96 valence electrons. The third kappa shape index (κ3) is 5.29. The van der Waals surface area contributed by atoms with Gasteiger partial charge in [0.15, 0.2) is 0 Å². The summed E-state index contributed by atoms with van der Waals surface area (Å²) in [5, 5.41) is 2.60. The predicted octanol–water partition coefficient (Wildman–Crippen LogP) is 3.71. The molecule has 0 bridgehead atoms. The second kappa shape index (κ2) is 7.13. The number of amides is 1. The number of rotatable bonds is 4. The van der Waals surface area contributed by atoms with E-state index < -0.39 is 0 Å². The van der Waals surface area contributed by atoms with Gasteiger partial charge in [-0.15, -0.1) is 6.42 Å². The fourth-order valence-corrected chi connectivity index (χ4v) is 2.24. The summed E-state index contributed by atoms with van der Waals surface area (Å²) >= 11 is 1.17. The Morgan fingerprint density at radius 2 is 1.94 bits per heavy atom. The van der Waals surface area contributed by atoms with Gasteiger partial charge in [-0.25, -0.2) is 0 Å². The lowest BCUT2D eigenvalue weighted by atomic mass is 10.0. The minimum atomic E-state index is -0.231. The molecular weight excluding hydrogens is 242 g/mol. The smallest absolute Gasteiger partial charge is 0.284 e. The van der Waals surface area contributed by atoms with E-state index in [0.717, 1.165) is 11.3 Å². The van der Waals surface area contributed by atoms with Gasteiger partial charge in [0.05, 0.1) is 6.04 Å². The fraction of sp³-hybridized carbons (Fsp3) is 0.400. The van der Waals surface area contributed by atoms with Crippen LogP contribution >= 0.6 is 11.8 Å². The summed E-state index contributed by atoms with van der Waals surface area (Å²) in [5.41, 5.74) is 1.30. The van der Waals surface area contributed by atoms with Crippen LogP contribution in [0.3, 0.4) is 0 Å². The molecule has 0 radical (unpaired) electrons. The van der Waals surface area contributed by atoms with E-state index in [4.69, 9.17) is 6.42 Å². The molecular formula is C15H19NOS. The molecule has 0 saturated carbocycles. The Kier molecular flexibility index (Phi) is 5.80. The molecule has 0 aliphatic carbocycles. The molecule has 1 aromatic rings. The lowest BCUT2D eigenvalue weighted by molar-refractivity contribution is 0.260. The van der Waals surface area contributed by atoms with Crippen molar-refractivity contribution in [3.8, 4) is 12.3 Å². The minimum Gasteiger partial charge on any atom is -0.333 e. The van der Waals surface area contributed by atoms with E-state index in [1.165, 1.54) is 17.3 Å². The van der Waals surface area contributed by atoms with Gasteiger partial charge in [-0.2, -0.15) is 0 Å². The van der Waals surface area contributed by atoms with Crippen molar-refractivity contribution in [2.24, 2.45) is 5.92 Å². The summed E-state index contributed by atoms with van der Waals surface area (Å²) < 4.78 is 0. The fourth-order valence-electron chi connectivity index (χ4n) is 1.52. The molecule has 1 N–H and O–H groups in total. The molecule has 2 nitrogen and oxygen atoms in total. The van der Waals surface area contributed by atoms with E-state index in [9.17, 15) is 4.79 Å². The predicted molar refractivity (Wildman–Crippen MR) is 77.7 cm³/mol. The van der Waals surface area contributed by atoms with Crippen molar-refractivity contribution in [2.45, 2.75) is 38.1 Å². The number of hydrogen-bond acceptors (Lipinski definition) is 2. The molecule has 1 aromatic carbocycles. The average molecular weight is 261 g/mol. The van der Waals surface area contributed by atoms with Crippen molar-refractivity contribution in [2.75, 3.05) is 0 Å². The van der Waals surface area contributed by atoms with Crippen LogP contribution in [0.15, 0.2) is 29.2 Å². The van der Waals surface area contributed by atoms with Crippen LogP contribution in [0.4, 0.5) is 4.79 Å². The third-order valence-electron chi connectivity index (χ3n) is 2.36. The minimum absolute atomic E-state index is 0.114. The van der Waals surface area contributed by atoms with E-state index in [-0.39, 0.29) is 11.3 Å². The van der Waals surface area contributed by atoms with Gasteiger partial charge in [0, 0.05) is 4.90 Å². The van der Waals surface area contributed by atoms with E-state index in [0.29, 0.717) is 5.92 Å². The van der Waals surface area contributed by atoms with E-state index in [2.05, 4.69) is 37.2 Å². The second-order valence-electron chi connectivity index (χ2n) is 4.66. The molecule has 1 unspecified atom stereocenters. The standard InChI is InChI=1S/C15H19NOS/c1-5-12(4)16-15(17)18-14-8-6-13(7-9-14)10-11(2)3/h1,6-9,11-12H,10H2,2-4H3,(H,16,17). The molecule has 0 spiro atoms. The Bertz CT molecular complexity index is 431. The summed E-state index contributed by atoms with van der Waals surface area (Å²) in [6.07, 6.45) is 6.27. The first-order valence-electron chi connectivity index (χ1n) is 6.04. The maximum Gasteiger partial charge on any atom is 0.284 e. The number of carbonyl (C=O) groups excluding carboxylic acids is 1. The molecule has 0 fully saturated rings. The summed E-state index contributed by atoms with van der Waals surface area (Å²) in [6, 6.07) is 7.86. The molecule has 0 aliphatic heterocycles. The second-order valence-corrected chi connectivity index (χ2v) is 5.71. The molecule has 0 aliphatic rings. The largest absolute Gasteiger partial charge is 0.333 e. The average Bonchev–Trinajstić information content (AvgIpc) is 2.30. The topological polar surface area (TPSA) is 29.1 Å². The van der Waals surface area contributed by atoms with E-state index in [1.807, 2.05) is 12.1 Å². The van der Waals surface area contributed by atoms with Crippen molar-refractivity contribution >= 4 is 17.0 Å². The first-order valence-corrected chi connectivity index (χ1v) is 6.86. The number of benzene rings is 1. The highest BCUT2D eigenvalue weighted by atomic mass is 32.2. The third-order valence-corrected chi connectivity index (χ3v) is 3.17. The molecule has 0 saturated heterocycles. The van der Waals surface area contributed by atoms with Crippen molar-refractivity contribution in [3.05, 3.63) is 29.8 Å². The molecule has 0 heterocycles. The zero-order chi connectivity index (χ0) is 13.5. The van der Waals surface area contributed by atoms with Crippen LogP contribution in [-0.2, 0) is 6.42 Å². The zero-order valence-corrected chi connectivity index (χ0v) is 11.9. The Labute approximate surface area is 114 Å². The molecule has 1 rings (SSSR count). The Morgan fingerprint density at radius 3 is 2.44 bits per heavy atom. The highest BCUT2D eigenvalue weighted by molar-refractivity contribution is 8.13. The SMILES string of the molecule is C#CC(C)NC(=O)Sc1ccc(CC(C)C)cc1. The van der Waals surface area contributed by atoms with Crippen LogP contribution in [0.2, 0.25) is 0 Å². The Balaban J connectivity index is 2.53. The van der Waals surface area contributed by atoms with Crippen molar-refractivity contribution < 1.29 is 4.79 Å². The van der Waals surface area contributed by atoms with Crippen LogP contribution in [0.25, 0.3) is 0 Å². The van der Waals surface area contributed by atoms with Crippen LogP contribution in [-0.4, -0.2) is 11.3 Å². The maximum absolute atomic E-state index is 11.6. The number of hydrogen-bond donors (Lipinski definition) is 1. The van der Waals surface area contributed by atoms with Crippen LogP contribution < -0.4 is 5.32 Å². The lowest BCUT2D eigenvalue weighted by Crippen LogP contribution is -2.27. The van der Waals surface area contributed by atoms with Crippen molar-refractivity contribution in [1.29, 1.82) is 0 Å². The summed E-state index contributed by atoms with van der Waals surface area (Å²) in [7, 11) is 0. The molecule has 3 heteroatoms. The number of terminal acetylenes is 1. The number of carbonyl (C=O) groups is 1. The van der Waals surface area contributed by atoms with Crippen LogP contribution in [0.5, 0.6) is 0 Å². The van der Waals surface area contributed by atoms with Crippen molar-refractivity contribution in [3.63, 3.8) is 0 Å². The first kappa shape index (κ1) is 14.7. The summed E-state index contributed by atoms with van der Waals surface area (Å²) in [6.45, 7) is 6.17. The highest BCUT2D eigenvalue weighted by Crippen LogP contribution is 2.20. The van der Waals surface area contributed by atoms with Gasteiger partial charge in [0.1, 0.15) is 0 Å². The normalized spacial score (nSPS) is 11.9. The van der Waals surface area contributed by atoms with Gasteiger partial charge in [-0.1, -0.05) is 31.9 Å². The molecule has 1 atom stereocenters. The van der Waals surface area contributed by atoms with Gasteiger partial charge >= 0.3 is 0 Å². The number of thioether (sulfide) groups is 1. The highest BCUT2D eigenvalue weighted by Gasteiger charge is 2.07. The van der Waals surface area contributed by atoms with Gasteiger partial charge in [0.25, 0.3) is 5.24 Å². The van der Waals surface area contributed by atoms with Gasteiger partial charge in [-0.05, 0) is 48.7 Å². The Hall–Kier alpha value is -1.40. The van der Waals surface area contributed by atoms with Gasteiger partial charge in [0.2, 0.25) is 0 Å². The van der Waals surface area contributed by atoms with E-state index >= 15 is 0 Å². The number of nitrogens with one attached hydrogen (secondary N) is 1. The zero-order valence-electron chi connectivity index (χ0n) is 11.1. The molecule has 18 heavy (non-hydrogen) atoms. The molecule has 0 aromatic heterocycles. The monoisotopic (exact) mass is 261 g/mol.